The number of rotatable bonds is 3. The smallest absolute Gasteiger partial charge is 0.267 e. The second kappa shape index (κ2) is 7.19. The molecule has 0 saturated carbocycles. The van der Waals surface area contributed by atoms with E-state index in [0.717, 1.165) is 5.56 Å². The first-order valence-electron chi connectivity index (χ1n) is 8.92. The predicted molar refractivity (Wildman–Crippen MR) is 104 cm³/mol. The molecule has 4 rings (SSSR count). The molecule has 1 unspecified atom stereocenters. The number of hydrogen-bond donors (Lipinski definition) is 0. The second-order valence-corrected chi connectivity index (χ2v) is 6.59. The van der Waals surface area contributed by atoms with E-state index in [9.17, 15) is 9.59 Å². The summed E-state index contributed by atoms with van der Waals surface area (Å²) in [5.41, 5.74) is 2.52. The summed E-state index contributed by atoms with van der Waals surface area (Å²) in [6, 6.07) is 21.2. The molecule has 5 nitrogen and oxygen atoms in total. The average Bonchev–Trinajstić information content (AvgIpc) is 2.74. The first-order valence-corrected chi connectivity index (χ1v) is 8.92. The van der Waals surface area contributed by atoms with E-state index in [4.69, 9.17) is 9.47 Å². The van der Waals surface area contributed by atoms with Crippen LogP contribution in [-0.4, -0.2) is 23.8 Å². The number of nitrogens with zero attached hydrogens (tertiary/aromatic N) is 1. The molecular weight excluding hydrogens is 354 g/mol. The van der Waals surface area contributed by atoms with Crippen LogP contribution in [0.25, 0.3) is 0 Å². The maximum Gasteiger partial charge on any atom is 0.267 e. The zero-order valence-electron chi connectivity index (χ0n) is 15.6. The maximum absolute atomic E-state index is 13.2. The molecule has 0 bridgehead atoms. The van der Waals surface area contributed by atoms with Gasteiger partial charge in [0.25, 0.3) is 11.8 Å². The molecular formula is C23H19NO4. The number of imide groups is 1. The summed E-state index contributed by atoms with van der Waals surface area (Å²) < 4.78 is 11.3. The van der Waals surface area contributed by atoms with E-state index in [1.165, 1.54) is 4.90 Å². The van der Waals surface area contributed by atoms with E-state index in [-0.39, 0.29) is 5.91 Å². The van der Waals surface area contributed by atoms with Crippen LogP contribution in [0.5, 0.6) is 11.5 Å². The number of amides is 2. The van der Waals surface area contributed by atoms with Gasteiger partial charge in [0.15, 0.2) is 0 Å². The molecule has 5 heteroatoms. The van der Waals surface area contributed by atoms with Crippen LogP contribution in [0.1, 0.15) is 38.1 Å². The number of carbonyl (C=O) groups is 2. The van der Waals surface area contributed by atoms with Crippen LogP contribution in [-0.2, 0) is 0 Å². The number of hydrogen-bond acceptors (Lipinski definition) is 4. The Labute approximate surface area is 163 Å². The number of methoxy groups -OCH3 is 1. The van der Waals surface area contributed by atoms with Crippen LogP contribution in [0.2, 0.25) is 0 Å². The number of ether oxygens (including phenoxy) is 2. The third-order valence-electron chi connectivity index (χ3n) is 4.73. The zero-order valence-corrected chi connectivity index (χ0v) is 15.6. The highest BCUT2D eigenvalue weighted by Gasteiger charge is 2.39. The van der Waals surface area contributed by atoms with E-state index >= 15 is 0 Å². The molecule has 1 aliphatic rings. The lowest BCUT2D eigenvalue weighted by Crippen LogP contribution is -2.45. The third-order valence-corrected chi connectivity index (χ3v) is 4.73. The van der Waals surface area contributed by atoms with Gasteiger partial charge in [0.2, 0.25) is 6.23 Å². The standard InChI is InChI=1S/C23H19NO4/c1-15-7-9-16(10-8-15)21(25)24-22(26)19-5-3-4-6-20(19)28-23(24)17-11-13-18(27-2)14-12-17/h3-14,23H,1-2H3. The summed E-state index contributed by atoms with van der Waals surface area (Å²) in [4.78, 5) is 27.6. The van der Waals surface area contributed by atoms with Gasteiger partial charge in [-0.3, -0.25) is 9.59 Å². The van der Waals surface area contributed by atoms with E-state index in [1.807, 2.05) is 19.1 Å². The van der Waals surface area contributed by atoms with Gasteiger partial charge in [-0.15, -0.1) is 0 Å². The van der Waals surface area contributed by atoms with Crippen molar-refractivity contribution >= 4 is 11.8 Å². The van der Waals surface area contributed by atoms with Crippen molar-refractivity contribution in [2.45, 2.75) is 13.2 Å². The monoisotopic (exact) mass is 373 g/mol. The van der Waals surface area contributed by atoms with Crippen molar-refractivity contribution in [2.24, 2.45) is 0 Å². The SMILES string of the molecule is COc1ccc(C2Oc3ccccc3C(=O)N2C(=O)c2ccc(C)cc2)cc1. The Hall–Kier alpha value is -3.60. The highest BCUT2D eigenvalue weighted by atomic mass is 16.5. The molecule has 0 saturated heterocycles. The highest BCUT2D eigenvalue weighted by Crippen LogP contribution is 2.36. The Morgan fingerprint density at radius 2 is 1.64 bits per heavy atom. The molecule has 140 valence electrons. The van der Waals surface area contributed by atoms with Crippen LogP contribution in [0.3, 0.4) is 0 Å². The van der Waals surface area contributed by atoms with Crippen molar-refractivity contribution in [1.82, 2.24) is 4.90 Å². The molecule has 3 aromatic rings. The molecule has 28 heavy (non-hydrogen) atoms. The lowest BCUT2D eigenvalue weighted by atomic mass is 10.0. The summed E-state index contributed by atoms with van der Waals surface area (Å²) in [5.74, 6) is 0.359. The van der Waals surface area contributed by atoms with Crippen LogP contribution >= 0.6 is 0 Å². The fraction of sp³-hybridized carbons (Fsp3) is 0.130. The minimum atomic E-state index is -0.859. The summed E-state index contributed by atoms with van der Waals surface area (Å²) >= 11 is 0. The van der Waals surface area contributed by atoms with Crippen LogP contribution in [0, 0.1) is 6.92 Å². The summed E-state index contributed by atoms with van der Waals surface area (Å²) in [6.45, 7) is 1.94. The van der Waals surface area contributed by atoms with Crippen molar-refractivity contribution in [2.75, 3.05) is 7.11 Å². The fourth-order valence-corrected chi connectivity index (χ4v) is 3.17. The maximum atomic E-state index is 13.2. The minimum absolute atomic E-state index is 0.368. The Balaban J connectivity index is 1.79. The molecule has 1 atom stereocenters. The zero-order chi connectivity index (χ0) is 19.7. The van der Waals surface area contributed by atoms with Crippen molar-refractivity contribution in [3.05, 3.63) is 95.1 Å². The molecule has 3 aromatic carbocycles. The number of benzene rings is 3. The lowest BCUT2D eigenvalue weighted by molar-refractivity contribution is 0.0107. The molecule has 0 aromatic heterocycles. The Morgan fingerprint density at radius 3 is 2.32 bits per heavy atom. The van der Waals surface area contributed by atoms with Crippen molar-refractivity contribution in [3.63, 3.8) is 0 Å². The van der Waals surface area contributed by atoms with Crippen LogP contribution < -0.4 is 9.47 Å². The molecule has 2 amide bonds. The molecule has 0 spiro atoms. The lowest BCUT2D eigenvalue weighted by Gasteiger charge is -2.35. The number of para-hydroxylation sites is 1. The molecule has 0 radical (unpaired) electrons. The van der Waals surface area contributed by atoms with Crippen molar-refractivity contribution < 1.29 is 19.1 Å². The van der Waals surface area contributed by atoms with Crippen molar-refractivity contribution in [3.8, 4) is 11.5 Å². The molecule has 1 heterocycles. The molecule has 0 N–H and O–H groups in total. The second-order valence-electron chi connectivity index (χ2n) is 6.59. The summed E-state index contributed by atoms with van der Waals surface area (Å²) in [6.07, 6.45) is -0.859. The first-order chi connectivity index (χ1) is 13.6. The van der Waals surface area contributed by atoms with Crippen LogP contribution in [0.15, 0.2) is 72.8 Å². The number of carbonyl (C=O) groups excluding carboxylic acids is 2. The first kappa shape index (κ1) is 17.8. The van der Waals surface area contributed by atoms with Crippen molar-refractivity contribution in [1.29, 1.82) is 0 Å². The minimum Gasteiger partial charge on any atom is -0.497 e. The van der Waals surface area contributed by atoms with Gasteiger partial charge in [0.05, 0.1) is 12.7 Å². The van der Waals surface area contributed by atoms with E-state index in [0.29, 0.717) is 28.2 Å². The van der Waals surface area contributed by atoms with Gasteiger partial charge in [-0.2, -0.15) is 0 Å². The largest absolute Gasteiger partial charge is 0.497 e. The Kier molecular flexibility index (Phi) is 4.57. The summed E-state index contributed by atoms with van der Waals surface area (Å²) in [5, 5.41) is 0. The van der Waals surface area contributed by atoms with Gasteiger partial charge in [-0.25, -0.2) is 4.90 Å². The predicted octanol–water partition coefficient (Wildman–Crippen LogP) is 4.38. The van der Waals surface area contributed by atoms with Gasteiger partial charge >= 0.3 is 0 Å². The third kappa shape index (κ3) is 3.11. The topological polar surface area (TPSA) is 55.8 Å². The van der Waals surface area contributed by atoms with Gasteiger partial charge in [-0.1, -0.05) is 29.8 Å². The van der Waals surface area contributed by atoms with Gasteiger partial charge in [-0.05, 0) is 55.5 Å². The number of aryl methyl sites for hydroxylation is 1. The average molecular weight is 373 g/mol. The Bertz CT molecular complexity index is 1030. The van der Waals surface area contributed by atoms with Gasteiger partial charge < -0.3 is 9.47 Å². The van der Waals surface area contributed by atoms with E-state index in [2.05, 4.69) is 0 Å². The molecule has 0 aliphatic carbocycles. The van der Waals surface area contributed by atoms with E-state index < -0.39 is 12.1 Å². The molecule has 0 fully saturated rings. The quantitative estimate of drug-likeness (QED) is 0.640. The highest BCUT2D eigenvalue weighted by molar-refractivity contribution is 6.12. The fourth-order valence-electron chi connectivity index (χ4n) is 3.17. The van der Waals surface area contributed by atoms with Gasteiger partial charge in [0, 0.05) is 11.1 Å². The Morgan fingerprint density at radius 1 is 0.964 bits per heavy atom. The molecule has 1 aliphatic heterocycles. The van der Waals surface area contributed by atoms with Gasteiger partial charge in [0.1, 0.15) is 11.5 Å². The van der Waals surface area contributed by atoms with E-state index in [1.54, 1.807) is 67.8 Å². The number of fused-ring (bicyclic) bond motifs is 1. The summed E-state index contributed by atoms with van der Waals surface area (Å²) in [7, 11) is 1.58. The van der Waals surface area contributed by atoms with Crippen LogP contribution in [0.4, 0.5) is 0 Å². The normalized spacial score (nSPS) is 15.6.